The second kappa shape index (κ2) is 15.1. The van der Waals surface area contributed by atoms with Gasteiger partial charge in [0.05, 0.1) is 12.1 Å². The number of rotatable bonds is 8. The van der Waals surface area contributed by atoms with E-state index in [4.69, 9.17) is 21.1 Å². The number of halogens is 1. The number of carbonyl (C=O) groups is 1. The van der Waals surface area contributed by atoms with Crippen molar-refractivity contribution >= 4 is 28.5 Å². The highest BCUT2D eigenvalue weighted by Gasteiger charge is 2.22. The van der Waals surface area contributed by atoms with Gasteiger partial charge in [0, 0.05) is 11.6 Å². The number of hydrogen-bond acceptors (Lipinski definition) is 4. The molecule has 0 aliphatic carbocycles. The molecule has 1 atom stereocenters. The van der Waals surface area contributed by atoms with E-state index in [1.165, 1.54) is 7.11 Å². The summed E-state index contributed by atoms with van der Waals surface area (Å²) < 4.78 is 10.8. The molecule has 1 aromatic carbocycles. The largest absolute Gasteiger partial charge is 0.476 e. The molecule has 0 aliphatic heterocycles. The van der Waals surface area contributed by atoms with Crippen LogP contribution >= 0.6 is 11.6 Å². The molecule has 0 radical (unpaired) electrons. The highest BCUT2D eigenvalue weighted by molar-refractivity contribution is 6.35. The van der Waals surface area contributed by atoms with Gasteiger partial charge in [-0.3, -0.25) is 4.98 Å². The minimum absolute atomic E-state index is 0. The van der Waals surface area contributed by atoms with Crippen LogP contribution in [0.4, 0.5) is 0 Å². The van der Waals surface area contributed by atoms with Crippen molar-refractivity contribution in [3.8, 4) is 5.75 Å². The van der Waals surface area contributed by atoms with Crippen molar-refractivity contribution in [2.45, 2.75) is 45.1 Å². The fraction of sp³-hybridized carbons (Fsp3) is 0.444. The van der Waals surface area contributed by atoms with Gasteiger partial charge in [-0.1, -0.05) is 37.8 Å². The molecule has 0 fully saturated rings. The predicted molar refractivity (Wildman–Crippen MR) is 106 cm³/mol. The Kier molecular flexibility index (Phi) is 16.7. The maximum absolute atomic E-state index is 12.0. The van der Waals surface area contributed by atoms with Crippen LogP contribution in [0.5, 0.6) is 5.75 Å². The van der Waals surface area contributed by atoms with Crippen LogP contribution in [0.3, 0.4) is 0 Å². The van der Waals surface area contributed by atoms with E-state index in [1.807, 2.05) is 12.1 Å². The van der Waals surface area contributed by atoms with E-state index in [9.17, 15) is 4.79 Å². The topological polar surface area (TPSA) is 174 Å². The molecule has 0 spiro atoms. The van der Waals surface area contributed by atoms with E-state index >= 15 is 0 Å². The van der Waals surface area contributed by atoms with Crippen LogP contribution in [0.2, 0.25) is 5.02 Å². The highest BCUT2D eigenvalue weighted by atomic mass is 35.5. The number of fused-ring (bicyclic) bond motifs is 1. The van der Waals surface area contributed by atoms with Crippen LogP contribution in [0.15, 0.2) is 30.5 Å². The minimum Gasteiger partial charge on any atom is -0.476 e. The summed E-state index contributed by atoms with van der Waals surface area (Å²) in [6.45, 7) is 2.15. The van der Waals surface area contributed by atoms with Crippen molar-refractivity contribution in [3.05, 3.63) is 35.5 Å². The van der Waals surface area contributed by atoms with Crippen LogP contribution in [0.1, 0.15) is 39.0 Å². The number of unbranched alkanes of at least 4 members (excludes halogenated alkanes) is 3. The quantitative estimate of drug-likeness (QED) is 0.475. The number of aromatic nitrogens is 1. The van der Waals surface area contributed by atoms with E-state index < -0.39 is 6.10 Å². The molecule has 0 aliphatic rings. The molecule has 156 valence electrons. The van der Waals surface area contributed by atoms with Gasteiger partial charge in [0.25, 0.3) is 0 Å². The smallest absolute Gasteiger partial charge is 0.347 e. The summed E-state index contributed by atoms with van der Waals surface area (Å²) in [6, 6.07) is 7.21. The molecule has 9 heteroatoms. The molecule has 2 rings (SSSR count). The number of esters is 1. The Morgan fingerprint density at radius 1 is 1.11 bits per heavy atom. The van der Waals surface area contributed by atoms with Gasteiger partial charge in [0.1, 0.15) is 11.3 Å². The van der Waals surface area contributed by atoms with Crippen molar-refractivity contribution < 1.29 is 36.2 Å². The van der Waals surface area contributed by atoms with Gasteiger partial charge in [0.2, 0.25) is 0 Å². The van der Waals surface area contributed by atoms with Crippen molar-refractivity contribution in [2.75, 3.05) is 7.11 Å². The van der Waals surface area contributed by atoms with Gasteiger partial charge in [-0.15, -0.1) is 0 Å². The lowest BCUT2D eigenvalue weighted by Crippen LogP contribution is -2.28. The fourth-order valence-corrected chi connectivity index (χ4v) is 2.69. The fourth-order valence-electron chi connectivity index (χ4n) is 2.47. The monoisotopic (exact) mass is 407 g/mol. The minimum atomic E-state index is -0.622. The normalized spacial score (nSPS) is 10.3. The first-order valence-corrected chi connectivity index (χ1v) is 8.33. The van der Waals surface area contributed by atoms with E-state index in [1.54, 1.807) is 18.3 Å². The number of hydrogen-bond donors (Lipinski definition) is 0. The predicted octanol–water partition coefficient (Wildman–Crippen LogP) is 1.48. The van der Waals surface area contributed by atoms with Crippen LogP contribution < -0.4 is 4.74 Å². The van der Waals surface area contributed by atoms with Crippen LogP contribution in [0, 0.1) is 0 Å². The number of ether oxygens (including phenoxy) is 2. The number of benzene rings is 1. The van der Waals surface area contributed by atoms with Gasteiger partial charge >= 0.3 is 5.97 Å². The standard InChI is InChI=1S/C18H22ClNO3.4H2O/c1-3-4-5-6-9-16(18(21)22-2)23-15-11-10-14(19)13-8-7-12-20-17(13)15;;;;/h7-8,10-12,16H,3-6,9H2,1-2H3;4*1H2. The van der Waals surface area contributed by atoms with Gasteiger partial charge in [-0.25, -0.2) is 4.79 Å². The molecule has 1 aromatic heterocycles. The third-order valence-electron chi connectivity index (χ3n) is 3.73. The van der Waals surface area contributed by atoms with Crippen LogP contribution in [0.25, 0.3) is 10.9 Å². The van der Waals surface area contributed by atoms with Crippen LogP contribution in [-0.4, -0.2) is 46.1 Å². The summed E-state index contributed by atoms with van der Waals surface area (Å²) in [6.07, 6.45) is 5.99. The van der Waals surface area contributed by atoms with Gasteiger partial charge in [-0.2, -0.15) is 0 Å². The maximum Gasteiger partial charge on any atom is 0.347 e. The third kappa shape index (κ3) is 8.06. The molecule has 1 heterocycles. The number of methoxy groups -OCH3 is 1. The van der Waals surface area contributed by atoms with E-state index in [2.05, 4.69) is 11.9 Å². The second-order valence-corrected chi connectivity index (χ2v) is 5.83. The van der Waals surface area contributed by atoms with Crippen molar-refractivity contribution in [3.63, 3.8) is 0 Å². The summed E-state index contributed by atoms with van der Waals surface area (Å²) in [5.41, 5.74) is 0.655. The Balaban J connectivity index is -0.00000144. The van der Waals surface area contributed by atoms with Crippen molar-refractivity contribution in [1.82, 2.24) is 4.98 Å². The van der Waals surface area contributed by atoms with E-state index in [0.29, 0.717) is 22.7 Å². The Bertz CT molecular complexity index is 669. The van der Waals surface area contributed by atoms with Crippen molar-refractivity contribution in [1.29, 1.82) is 0 Å². The molecular formula is C18H30ClNO7. The first kappa shape index (κ1) is 29.8. The van der Waals surface area contributed by atoms with Gasteiger partial charge < -0.3 is 31.4 Å². The van der Waals surface area contributed by atoms with Crippen molar-refractivity contribution in [2.24, 2.45) is 0 Å². The van der Waals surface area contributed by atoms with E-state index in [0.717, 1.165) is 31.1 Å². The molecule has 1 unspecified atom stereocenters. The molecule has 2 aromatic rings. The molecule has 27 heavy (non-hydrogen) atoms. The summed E-state index contributed by atoms with van der Waals surface area (Å²) in [4.78, 5) is 16.3. The average Bonchev–Trinajstić information content (AvgIpc) is 2.59. The lowest BCUT2D eigenvalue weighted by Gasteiger charge is -2.18. The first-order chi connectivity index (χ1) is 11.2. The maximum atomic E-state index is 12.0. The zero-order valence-corrected chi connectivity index (χ0v) is 16.3. The molecular weight excluding hydrogens is 378 g/mol. The highest BCUT2D eigenvalue weighted by Crippen LogP contribution is 2.30. The molecule has 0 amide bonds. The van der Waals surface area contributed by atoms with Gasteiger partial charge in [0.15, 0.2) is 6.10 Å². The van der Waals surface area contributed by atoms with E-state index in [-0.39, 0.29) is 27.9 Å². The first-order valence-electron chi connectivity index (χ1n) is 7.95. The Labute approximate surface area is 163 Å². The molecule has 0 saturated heterocycles. The average molecular weight is 408 g/mol. The zero-order valence-electron chi connectivity index (χ0n) is 15.5. The number of pyridine rings is 1. The lowest BCUT2D eigenvalue weighted by atomic mass is 10.1. The Hall–Kier alpha value is -1.97. The molecule has 0 bridgehead atoms. The summed E-state index contributed by atoms with van der Waals surface area (Å²) in [5.74, 6) is 0.191. The lowest BCUT2D eigenvalue weighted by molar-refractivity contribution is -0.149. The summed E-state index contributed by atoms with van der Waals surface area (Å²) >= 11 is 6.19. The molecule has 8 nitrogen and oxygen atoms in total. The Morgan fingerprint density at radius 3 is 2.44 bits per heavy atom. The summed E-state index contributed by atoms with van der Waals surface area (Å²) in [7, 11) is 1.38. The third-order valence-corrected chi connectivity index (χ3v) is 4.06. The van der Waals surface area contributed by atoms with Gasteiger partial charge in [-0.05, 0) is 37.1 Å². The molecule has 8 N–H and O–H groups in total. The number of nitrogens with zero attached hydrogens (tertiary/aromatic N) is 1. The summed E-state index contributed by atoms with van der Waals surface area (Å²) in [5, 5.41) is 1.42. The Morgan fingerprint density at radius 2 is 1.81 bits per heavy atom. The van der Waals surface area contributed by atoms with Crippen LogP contribution in [-0.2, 0) is 9.53 Å². The number of carbonyl (C=O) groups excluding carboxylic acids is 1. The second-order valence-electron chi connectivity index (χ2n) is 5.42. The SMILES string of the molecule is CCCCCCC(Oc1ccc(Cl)c2cccnc12)C(=O)OC.O.O.O.O. The zero-order chi connectivity index (χ0) is 16.7. The molecule has 0 saturated carbocycles.